The van der Waals surface area contributed by atoms with Gasteiger partial charge in [-0.15, -0.1) is 0 Å². The van der Waals surface area contributed by atoms with Crippen LogP contribution in [0.5, 0.6) is 0 Å². The maximum atomic E-state index is 10.1. The fraction of sp³-hybridized carbons (Fsp3) is 0.103. The van der Waals surface area contributed by atoms with Crippen molar-refractivity contribution in [3.8, 4) is 40.7 Å². The zero-order valence-electron chi connectivity index (χ0n) is 23.9. The third kappa shape index (κ3) is 3.90. The highest BCUT2D eigenvalue weighted by Gasteiger charge is 2.21. The highest BCUT2D eigenvalue weighted by Crippen LogP contribution is 2.38. The average molecular weight is 564 g/mol. The predicted octanol–water partition coefficient (Wildman–Crippen LogP) is 8.78. The van der Waals surface area contributed by atoms with Crippen LogP contribution in [0.15, 0.2) is 91.0 Å². The first-order chi connectivity index (χ1) is 21.7. The summed E-state index contributed by atoms with van der Waals surface area (Å²) in [5.41, 5.74) is 12.7. The molecule has 6 aromatic rings. The lowest BCUT2D eigenvalue weighted by Crippen LogP contribution is -2.03. The van der Waals surface area contributed by atoms with Crippen LogP contribution in [0.2, 0.25) is 0 Å². The zero-order valence-corrected chi connectivity index (χ0v) is 23.9. The van der Waals surface area contributed by atoms with Crippen molar-refractivity contribution in [2.24, 2.45) is 0 Å². The molecule has 2 heterocycles. The fourth-order valence-corrected chi connectivity index (χ4v) is 6.97. The molecule has 2 aromatic heterocycles. The monoisotopic (exact) mass is 563 g/mol. The number of aromatic nitrogens is 2. The van der Waals surface area contributed by atoms with Crippen molar-refractivity contribution in [2.75, 3.05) is 0 Å². The van der Waals surface area contributed by atoms with Crippen molar-refractivity contribution in [3.63, 3.8) is 0 Å². The molecule has 4 aromatic carbocycles. The molecular formula is C39H25N5. The second-order valence-corrected chi connectivity index (χ2v) is 11.4. The quantitative estimate of drug-likeness (QED) is 0.216. The van der Waals surface area contributed by atoms with E-state index in [0.717, 1.165) is 75.7 Å². The lowest BCUT2D eigenvalue weighted by molar-refractivity contribution is 0.889. The topological polar surface area (TPSA) is 81.2 Å². The summed E-state index contributed by atoms with van der Waals surface area (Å²) in [6.45, 7) is 0. The first-order valence-corrected chi connectivity index (χ1v) is 14.8. The maximum absolute atomic E-state index is 10.1. The molecule has 0 saturated heterocycles. The Labute approximate surface area is 255 Å². The molecule has 0 fully saturated rings. The maximum Gasteiger partial charge on any atom is 0.0992 e. The predicted molar refractivity (Wildman–Crippen MR) is 174 cm³/mol. The summed E-state index contributed by atoms with van der Waals surface area (Å²) < 4.78 is 4.55. The van der Waals surface area contributed by atoms with Crippen LogP contribution >= 0.6 is 0 Å². The van der Waals surface area contributed by atoms with Gasteiger partial charge in [-0.1, -0.05) is 30.4 Å². The van der Waals surface area contributed by atoms with Gasteiger partial charge < -0.3 is 9.13 Å². The molecule has 0 atom stereocenters. The molecule has 5 nitrogen and oxygen atoms in total. The largest absolute Gasteiger partial charge is 0.313 e. The minimum Gasteiger partial charge on any atom is -0.313 e. The van der Waals surface area contributed by atoms with Crippen molar-refractivity contribution in [1.82, 2.24) is 9.13 Å². The molecule has 0 aliphatic heterocycles. The van der Waals surface area contributed by atoms with E-state index < -0.39 is 0 Å². The smallest absolute Gasteiger partial charge is 0.0992 e. The first-order valence-electron chi connectivity index (χ1n) is 14.8. The summed E-state index contributed by atoms with van der Waals surface area (Å²) >= 11 is 0. The Morgan fingerprint density at radius 2 is 1.27 bits per heavy atom. The van der Waals surface area contributed by atoms with E-state index in [9.17, 15) is 15.8 Å². The third-order valence-corrected chi connectivity index (χ3v) is 8.89. The summed E-state index contributed by atoms with van der Waals surface area (Å²) in [5, 5.41) is 31.4. The van der Waals surface area contributed by atoms with Crippen LogP contribution in [0, 0.1) is 34.0 Å². The van der Waals surface area contributed by atoms with Crippen LogP contribution in [-0.2, 0) is 12.8 Å². The van der Waals surface area contributed by atoms with E-state index >= 15 is 0 Å². The Hall–Kier alpha value is -6.09. The second-order valence-electron chi connectivity index (χ2n) is 11.4. The minimum atomic E-state index is 0.588. The minimum absolute atomic E-state index is 0.588. The van der Waals surface area contributed by atoms with Crippen molar-refractivity contribution in [1.29, 1.82) is 15.8 Å². The van der Waals surface area contributed by atoms with Crippen molar-refractivity contribution in [2.45, 2.75) is 25.7 Å². The van der Waals surface area contributed by atoms with E-state index in [1.165, 1.54) is 16.8 Å². The molecule has 44 heavy (non-hydrogen) atoms. The number of fused-ring (bicyclic) bond motifs is 6. The van der Waals surface area contributed by atoms with Gasteiger partial charge in [-0.2, -0.15) is 15.8 Å². The van der Waals surface area contributed by atoms with Crippen LogP contribution in [0.25, 0.3) is 56.5 Å². The van der Waals surface area contributed by atoms with E-state index in [0.29, 0.717) is 16.7 Å². The van der Waals surface area contributed by atoms with E-state index in [2.05, 4.69) is 82.0 Å². The van der Waals surface area contributed by atoms with Gasteiger partial charge in [0.2, 0.25) is 0 Å². The normalized spacial score (nSPS) is 13.3. The van der Waals surface area contributed by atoms with Gasteiger partial charge in [0, 0.05) is 39.1 Å². The lowest BCUT2D eigenvalue weighted by Gasteiger charge is -2.16. The molecular weight excluding hydrogens is 538 g/mol. The summed E-state index contributed by atoms with van der Waals surface area (Å²) in [6, 6.07) is 33.3. The molecule has 0 N–H and O–H groups in total. The number of nitriles is 3. The molecule has 0 amide bonds. The average Bonchev–Trinajstić information content (AvgIpc) is 3.60. The van der Waals surface area contributed by atoms with E-state index in [4.69, 9.17) is 0 Å². The van der Waals surface area contributed by atoms with Crippen molar-refractivity contribution >= 4 is 34.0 Å². The standard InChI is InChI=1S/C39H25N5/c40-22-25-12-14-38-34(18-25)32-8-1-3-10-36(32)43(38)30-7-5-6-28(20-30)29-16-27(24-42)17-31(21-29)44-37-11-4-2-9-33(37)35-19-26(23-41)13-15-39(35)44/h1,4-8,11-21H,2-3,9-10H2. The highest BCUT2D eigenvalue weighted by atomic mass is 15.0. The Balaban J connectivity index is 1.32. The Bertz CT molecular complexity index is 2370. The Morgan fingerprint density at radius 1 is 0.568 bits per heavy atom. The van der Waals surface area contributed by atoms with Gasteiger partial charge in [-0.05, 0) is 115 Å². The van der Waals surface area contributed by atoms with Gasteiger partial charge in [-0.25, -0.2) is 0 Å². The third-order valence-electron chi connectivity index (χ3n) is 8.89. The van der Waals surface area contributed by atoms with Gasteiger partial charge in [0.1, 0.15) is 0 Å². The lowest BCUT2D eigenvalue weighted by atomic mass is 10.00. The molecule has 2 aliphatic rings. The fourth-order valence-electron chi connectivity index (χ4n) is 6.97. The molecule has 0 radical (unpaired) electrons. The molecule has 206 valence electrons. The molecule has 2 aliphatic carbocycles. The number of allylic oxidation sites excluding steroid dienone is 2. The Morgan fingerprint density at radius 3 is 2.07 bits per heavy atom. The summed E-state index contributed by atoms with van der Waals surface area (Å²) in [6.07, 6.45) is 12.5. The number of aryl methyl sites for hydroxylation is 1. The van der Waals surface area contributed by atoms with Crippen LogP contribution in [0.4, 0.5) is 0 Å². The number of nitrogens with zero attached hydrogens (tertiary/aromatic N) is 5. The molecule has 0 bridgehead atoms. The number of hydrogen-bond acceptors (Lipinski definition) is 3. The Kier molecular flexibility index (Phi) is 5.83. The van der Waals surface area contributed by atoms with Gasteiger partial charge in [0.25, 0.3) is 0 Å². The van der Waals surface area contributed by atoms with Gasteiger partial charge in [-0.3, -0.25) is 0 Å². The van der Waals surface area contributed by atoms with E-state index in [1.807, 2.05) is 48.5 Å². The first kappa shape index (κ1) is 25.6. The molecule has 8 rings (SSSR count). The number of rotatable bonds is 3. The molecule has 0 spiro atoms. The van der Waals surface area contributed by atoms with E-state index in [1.54, 1.807) is 0 Å². The molecule has 5 heteroatoms. The van der Waals surface area contributed by atoms with Crippen LogP contribution < -0.4 is 0 Å². The summed E-state index contributed by atoms with van der Waals surface area (Å²) in [4.78, 5) is 0. The van der Waals surface area contributed by atoms with E-state index in [-0.39, 0.29) is 0 Å². The van der Waals surface area contributed by atoms with Gasteiger partial charge in [0.05, 0.1) is 45.9 Å². The number of benzene rings is 4. The van der Waals surface area contributed by atoms with Gasteiger partial charge >= 0.3 is 0 Å². The van der Waals surface area contributed by atoms with Crippen molar-refractivity contribution in [3.05, 3.63) is 130 Å². The van der Waals surface area contributed by atoms with Gasteiger partial charge in [0.15, 0.2) is 0 Å². The van der Waals surface area contributed by atoms with Crippen LogP contribution in [0.1, 0.15) is 52.0 Å². The van der Waals surface area contributed by atoms with Crippen LogP contribution in [0.3, 0.4) is 0 Å². The highest BCUT2D eigenvalue weighted by molar-refractivity contribution is 5.95. The number of hydrogen-bond donors (Lipinski definition) is 0. The molecule has 0 saturated carbocycles. The second kappa shape index (κ2) is 10.0. The summed E-state index contributed by atoms with van der Waals surface area (Å²) in [5.74, 6) is 0. The van der Waals surface area contributed by atoms with Crippen molar-refractivity contribution < 1.29 is 0 Å². The SMILES string of the molecule is N#Cc1cc(-c2cccc(-n3c4c(c5cc(C#N)ccc53)C=CCC4)c2)cc(-n2c3c(c4cc(C#N)ccc42)CCC=C3)c1. The molecule has 0 unspecified atom stereocenters. The zero-order chi connectivity index (χ0) is 29.8. The van der Waals surface area contributed by atoms with Crippen LogP contribution in [-0.4, -0.2) is 9.13 Å². The summed E-state index contributed by atoms with van der Waals surface area (Å²) in [7, 11) is 0.